The number of aromatic nitrogens is 2. The van der Waals surface area contributed by atoms with Crippen LogP contribution in [0.3, 0.4) is 0 Å². The number of hydrogen-bond donors (Lipinski definition) is 2. The van der Waals surface area contributed by atoms with Gasteiger partial charge in [-0.05, 0) is 31.8 Å². The molecule has 2 rings (SSSR count). The minimum atomic E-state index is -2.82. The van der Waals surface area contributed by atoms with Gasteiger partial charge >= 0.3 is 0 Å². The summed E-state index contributed by atoms with van der Waals surface area (Å²) in [5.74, 6) is -1.64. The molecule has 5 heteroatoms. The topological polar surface area (TPSA) is 40.7 Å². The number of imidazole rings is 1. The molecule has 16 heavy (non-hydrogen) atoms. The van der Waals surface area contributed by atoms with Gasteiger partial charge in [0.25, 0.3) is 5.92 Å². The second kappa shape index (κ2) is 4.49. The molecule has 3 nitrogen and oxygen atoms in total. The highest BCUT2D eigenvalue weighted by molar-refractivity contribution is 5.07. The highest BCUT2D eigenvalue weighted by Gasteiger charge is 2.27. The number of aromatic amines is 1. The maximum Gasteiger partial charge on any atom is 0.286 e. The van der Waals surface area contributed by atoms with Crippen LogP contribution in [0.25, 0.3) is 0 Å². The Morgan fingerprint density at radius 3 is 2.94 bits per heavy atom. The van der Waals surface area contributed by atoms with Crippen LogP contribution >= 0.6 is 0 Å². The fraction of sp³-hybridized carbons (Fsp3) is 0.727. The molecule has 1 aliphatic heterocycles. The Balaban J connectivity index is 1.97. The molecule has 1 aromatic rings. The standard InChI is InChI=1S/C11H17F2N3/c1-11(12,13)9-7-15-10(16-9)5-8-3-2-4-14-6-8/h7-8,14H,2-6H2,1H3,(H,15,16). The molecule has 0 saturated carbocycles. The lowest BCUT2D eigenvalue weighted by molar-refractivity contribution is 0.0130. The Hall–Kier alpha value is -0.970. The fourth-order valence-electron chi connectivity index (χ4n) is 2.06. The van der Waals surface area contributed by atoms with E-state index in [-0.39, 0.29) is 5.69 Å². The van der Waals surface area contributed by atoms with Crippen LogP contribution in [0.5, 0.6) is 0 Å². The van der Waals surface area contributed by atoms with E-state index in [1.54, 1.807) is 0 Å². The lowest BCUT2D eigenvalue weighted by Gasteiger charge is -2.21. The van der Waals surface area contributed by atoms with Crippen LogP contribution in [0.15, 0.2) is 6.20 Å². The summed E-state index contributed by atoms with van der Waals surface area (Å²) in [6.07, 6.45) is 4.29. The molecule has 2 heterocycles. The maximum atomic E-state index is 13.0. The smallest absolute Gasteiger partial charge is 0.286 e. The van der Waals surface area contributed by atoms with Gasteiger partial charge in [0.2, 0.25) is 0 Å². The lowest BCUT2D eigenvalue weighted by Crippen LogP contribution is -2.31. The summed E-state index contributed by atoms with van der Waals surface area (Å²) < 4.78 is 25.9. The Morgan fingerprint density at radius 1 is 1.56 bits per heavy atom. The molecule has 1 fully saturated rings. The van der Waals surface area contributed by atoms with Crippen LogP contribution in [0.2, 0.25) is 0 Å². The average molecular weight is 229 g/mol. The second-order valence-electron chi connectivity index (χ2n) is 4.55. The van der Waals surface area contributed by atoms with Crippen molar-refractivity contribution < 1.29 is 8.78 Å². The van der Waals surface area contributed by atoms with Gasteiger partial charge in [0.1, 0.15) is 11.5 Å². The summed E-state index contributed by atoms with van der Waals surface area (Å²) in [4.78, 5) is 6.72. The van der Waals surface area contributed by atoms with E-state index < -0.39 is 5.92 Å². The van der Waals surface area contributed by atoms with Crippen molar-refractivity contribution >= 4 is 0 Å². The van der Waals surface area contributed by atoms with Gasteiger partial charge in [-0.1, -0.05) is 0 Å². The highest BCUT2D eigenvalue weighted by Crippen LogP contribution is 2.25. The zero-order chi connectivity index (χ0) is 11.6. The molecule has 90 valence electrons. The summed E-state index contributed by atoms with van der Waals surface area (Å²) in [7, 11) is 0. The van der Waals surface area contributed by atoms with Crippen molar-refractivity contribution in [1.82, 2.24) is 15.3 Å². The Kier molecular flexibility index (Phi) is 3.23. The van der Waals surface area contributed by atoms with Crippen LogP contribution in [0.1, 0.15) is 31.3 Å². The van der Waals surface area contributed by atoms with Gasteiger partial charge in [0.05, 0.1) is 6.20 Å². The van der Waals surface area contributed by atoms with E-state index in [1.165, 1.54) is 6.20 Å². The Morgan fingerprint density at radius 2 is 2.38 bits per heavy atom. The van der Waals surface area contributed by atoms with Crippen LogP contribution in [-0.2, 0) is 12.3 Å². The Labute approximate surface area is 93.7 Å². The lowest BCUT2D eigenvalue weighted by atomic mass is 9.96. The highest BCUT2D eigenvalue weighted by atomic mass is 19.3. The molecule has 0 aliphatic carbocycles. The molecule has 0 radical (unpaired) electrons. The van der Waals surface area contributed by atoms with Crippen LogP contribution in [0, 0.1) is 5.92 Å². The number of piperidine rings is 1. The molecule has 0 aromatic carbocycles. The van der Waals surface area contributed by atoms with E-state index in [9.17, 15) is 8.78 Å². The van der Waals surface area contributed by atoms with Crippen molar-refractivity contribution in [3.63, 3.8) is 0 Å². The monoisotopic (exact) mass is 229 g/mol. The van der Waals surface area contributed by atoms with Gasteiger partial charge in [0, 0.05) is 13.3 Å². The van der Waals surface area contributed by atoms with Gasteiger partial charge in [-0.3, -0.25) is 0 Å². The molecular weight excluding hydrogens is 212 g/mol. The van der Waals surface area contributed by atoms with Crippen molar-refractivity contribution in [3.05, 3.63) is 17.7 Å². The van der Waals surface area contributed by atoms with Crippen LogP contribution < -0.4 is 5.32 Å². The van der Waals surface area contributed by atoms with E-state index in [2.05, 4.69) is 15.3 Å². The fourth-order valence-corrected chi connectivity index (χ4v) is 2.06. The third kappa shape index (κ3) is 2.78. The van der Waals surface area contributed by atoms with Crippen LogP contribution in [-0.4, -0.2) is 23.1 Å². The van der Waals surface area contributed by atoms with Crippen molar-refractivity contribution in [2.75, 3.05) is 13.1 Å². The summed E-state index contributed by atoms with van der Waals surface area (Å²) in [6, 6.07) is 0. The van der Waals surface area contributed by atoms with E-state index in [0.29, 0.717) is 11.7 Å². The molecule has 1 saturated heterocycles. The normalized spacial score (nSPS) is 22.3. The number of alkyl halides is 2. The number of nitrogens with zero attached hydrogens (tertiary/aromatic N) is 1. The average Bonchev–Trinajstić information content (AvgIpc) is 2.67. The predicted octanol–water partition coefficient (Wildman–Crippen LogP) is 2.06. The van der Waals surface area contributed by atoms with Crippen molar-refractivity contribution in [2.45, 2.75) is 32.1 Å². The first-order chi connectivity index (χ1) is 7.55. The summed E-state index contributed by atoms with van der Waals surface area (Å²) >= 11 is 0. The molecule has 2 N–H and O–H groups in total. The molecular formula is C11H17F2N3. The van der Waals surface area contributed by atoms with E-state index in [4.69, 9.17) is 0 Å². The molecule has 0 bridgehead atoms. The quantitative estimate of drug-likeness (QED) is 0.833. The minimum absolute atomic E-state index is 0.0914. The third-order valence-electron chi connectivity index (χ3n) is 2.98. The Bertz CT molecular complexity index is 337. The molecule has 1 unspecified atom stereocenters. The second-order valence-corrected chi connectivity index (χ2v) is 4.55. The minimum Gasteiger partial charge on any atom is -0.341 e. The first-order valence-electron chi connectivity index (χ1n) is 5.68. The number of nitrogens with one attached hydrogen (secondary N) is 2. The predicted molar refractivity (Wildman–Crippen MR) is 57.5 cm³/mol. The third-order valence-corrected chi connectivity index (χ3v) is 2.98. The summed E-state index contributed by atoms with van der Waals surface area (Å²) in [5.41, 5.74) is -0.0914. The van der Waals surface area contributed by atoms with Gasteiger partial charge in [-0.2, -0.15) is 8.78 Å². The van der Waals surface area contributed by atoms with Crippen LogP contribution in [0.4, 0.5) is 8.78 Å². The van der Waals surface area contributed by atoms with Crippen molar-refractivity contribution in [1.29, 1.82) is 0 Å². The van der Waals surface area contributed by atoms with Crippen molar-refractivity contribution in [2.24, 2.45) is 5.92 Å². The SMILES string of the molecule is CC(F)(F)c1cnc(CC2CCCNC2)[nH]1. The zero-order valence-electron chi connectivity index (χ0n) is 9.39. The van der Waals surface area contributed by atoms with E-state index >= 15 is 0 Å². The molecule has 1 atom stereocenters. The zero-order valence-corrected chi connectivity index (χ0v) is 9.39. The summed E-state index contributed by atoms with van der Waals surface area (Å²) in [5, 5.41) is 3.30. The molecule has 0 spiro atoms. The molecule has 0 amide bonds. The van der Waals surface area contributed by atoms with E-state index in [1.807, 2.05) is 0 Å². The number of halogens is 2. The number of rotatable bonds is 3. The first-order valence-corrected chi connectivity index (χ1v) is 5.68. The molecule has 1 aromatic heterocycles. The van der Waals surface area contributed by atoms with Gasteiger partial charge in [-0.25, -0.2) is 4.98 Å². The largest absolute Gasteiger partial charge is 0.341 e. The first kappa shape index (κ1) is 11.5. The van der Waals surface area contributed by atoms with Gasteiger partial charge < -0.3 is 10.3 Å². The number of hydrogen-bond acceptors (Lipinski definition) is 2. The van der Waals surface area contributed by atoms with Gasteiger partial charge in [0.15, 0.2) is 0 Å². The molecule has 1 aliphatic rings. The maximum absolute atomic E-state index is 13.0. The van der Waals surface area contributed by atoms with Crippen molar-refractivity contribution in [3.8, 4) is 0 Å². The summed E-state index contributed by atoms with van der Waals surface area (Å²) in [6.45, 7) is 2.90. The van der Waals surface area contributed by atoms with Gasteiger partial charge in [-0.15, -0.1) is 0 Å². The number of H-pyrrole nitrogens is 1. The van der Waals surface area contributed by atoms with E-state index in [0.717, 1.165) is 39.3 Å².